The van der Waals surface area contributed by atoms with Crippen LogP contribution in [-0.2, 0) is 14.8 Å². The number of halogens is 1. The zero-order valence-electron chi connectivity index (χ0n) is 14.7. The summed E-state index contributed by atoms with van der Waals surface area (Å²) in [6, 6.07) is 2.17. The Hall–Kier alpha value is -1.51. The third-order valence-corrected chi connectivity index (χ3v) is 6.73. The summed E-state index contributed by atoms with van der Waals surface area (Å²) < 4.78 is 41.4. The predicted octanol–water partition coefficient (Wildman–Crippen LogP) is 1.45. The van der Waals surface area contributed by atoms with Crippen molar-refractivity contribution in [2.45, 2.75) is 50.5 Å². The minimum atomic E-state index is -3.76. The topological polar surface area (TPSA) is 92.5 Å². The van der Waals surface area contributed by atoms with Crippen LogP contribution in [0.1, 0.15) is 36.8 Å². The van der Waals surface area contributed by atoms with E-state index in [4.69, 9.17) is 5.73 Å². The average molecular weight is 371 g/mol. The molecule has 1 atom stereocenters. The molecule has 1 unspecified atom stereocenters. The summed E-state index contributed by atoms with van der Waals surface area (Å²) in [5, 5.41) is 2.76. The number of nitrogens with one attached hydrogen (secondary N) is 1. The molecule has 140 valence electrons. The Morgan fingerprint density at radius 1 is 1.32 bits per heavy atom. The summed E-state index contributed by atoms with van der Waals surface area (Å²) in [6.07, 6.45) is 2.58. The normalized spacial score (nSPS) is 19.0. The van der Waals surface area contributed by atoms with E-state index >= 15 is 0 Å². The maximum Gasteiger partial charge on any atom is 0.243 e. The SMILES string of the molecule is Cc1cc(F)cc(C)c1S(=O)(=O)N1CCCCC1CNC(=O)CCN. The van der Waals surface area contributed by atoms with Gasteiger partial charge in [-0.3, -0.25) is 4.79 Å². The van der Waals surface area contributed by atoms with Crippen molar-refractivity contribution in [2.75, 3.05) is 19.6 Å². The van der Waals surface area contributed by atoms with E-state index in [-0.39, 0.29) is 36.4 Å². The van der Waals surface area contributed by atoms with Gasteiger partial charge in [0.2, 0.25) is 15.9 Å². The lowest BCUT2D eigenvalue weighted by atomic mass is 10.1. The first-order valence-corrected chi connectivity index (χ1v) is 9.96. The van der Waals surface area contributed by atoms with Crippen LogP contribution < -0.4 is 11.1 Å². The number of hydrogen-bond donors (Lipinski definition) is 2. The molecule has 1 heterocycles. The molecule has 8 heteroatoms. The Kier molecular flexibility index (Phi) is 6.53. The van der Waals surface area contributed by atoms with E-state index in [1.807, 2.05) is 0 Å². The fraction of sp³-hybridized carbons (Fsp3) is 0.588. The maximum absolute atomic E-state index is 13.5. The molecule has 25 heavy (non-hydrogen) atoms. The first kappa shape index (κ1) is 19.8. The number of piperidine rings is 1. The van der Waals surface area contributed by atoms with Crippen LogP contribution in [0.3, 0.4) is 0 Å². The lowest BCUT2D eigenvalue weighted by Gasteiger charge is -2.35. The van der Waals surface area contributed by atoms with Crippen LogP contribution in [0.2, 0.25) is 0 Å². The van der Waals surface area contributed by atoms with Crippen LogP contribution in [0, 0.1) is 19.7 Å². The van der Waals surface area contributed by atoms with Gasteiger partial charge in [0, 0.05) is 32.1 Å². The molecule has 6 nitrogen and oxygen atoms in total. The van der Waals surface area contributed by atoms with Crippen molar-refractivity contribution >= 4 is 15.9 Å². The molecule has 0 radical (unpaired) electrons. The van der Waals surface area contributed by atoms with Crippen molar-refractivity contribution < 1.29 is 17.6 Å². The van der Waals surface area contributed by atoms with Gasteiger partial charge in [-0.1, -0.05) is 6.42 Å². The van der Waals surface area contributed by atoms with Crippen molar-refractivity contribution in [3.05, 3.63) is 29.1 Å². The van der Waals surface area contributed by atoms with Gasteiger partial charge < -0.3 is 11.1 Å². The van der Waals surface area contributed by atoms with E-state index in [1.54, 1.807) is 13.8 Å². The smallest absolute Gasteiger partial charge is 0.243 e. The average Bonchev–Trinajstić information content (AvgIpc) is 2.52. The van der Waals surface area contributed by atoms with Crippen molar-refractivity contribution in [3.63, 3.8) is 0 Å². The molecule has 1 saturated heterocycles. The van der Waals surface area contributed by atoms with Crippen molar-refractivity contribution in [1.82, 2.24) is 9.62 Å². The fourth-order valence-electron chi connectivity index (χ4n) is 3.37. The zero-order valence-corrected chi connectivity index (χ0v) is 15.5. The zero-order chi connectivity index (χ0) is 18.6. The molecule has 0 bridgehead atoms. The van der Waals surface area contributed by atoms with Crippen LogP contribution >= 0.6 is 0 Å². The third kappa shape index (κ3) is 4.56. The molecule has 0 saturated carbocycles. The van der Waals surface area contributed by atoms with Crippen molar-refractivity contribution in [2.24, 2.45) is 5.73 Å². The van der Waals surface area contributed by atoms with Gasteiger partial charge in [0.25, 0.3) is 0 Å². The van der Waals surface area contributed by atoms with Crippen LogP contribution in [-0.4, -0.2) is 44.3 Å². The number of nitrogens with two attached hydrogens (primary N) is 1. The molecule has 1 aliphatic heterocycles. The highest BCUT2D eigenvalue weighted by atomic mass is 32.2. The largest absolute Gasteiger partial charge is 0.354 e. The number of carbonyl (C=O) groups is 1. The minimum Gasteiger partial charge on any atom is -0.354 e. The Labute approximate surface area is 148 Å². The number of benzene rings is 1. The molecule has 1 amide bonds. The first-order valence-electron chi connectivity index (χ1n) is 8.52. The molecule has 1 fully saturated rings. The lowest BCUT2D eigenvalue weighted by molar-refractivity contribution is -0.121. The van der Waals surface area contributed by atoms with Crippen LogP contribution in [0.25, 0.3) is 0 Å². The summed E-state index contributed by atoms with van der Waals surface area (Å²) in [6.45, 7) is 4.12. The molecule has 2 rings (SSSR count). The lowest BCUT2D eigenvalue weighted by Crippen LogP contribution is -2.49. The molecule has 0 spiro atoms. The molecule has 0 aliphatic carbocycles. The van der Waals surface area contributed by atoms with E-state index in [1.165, 1.54) is 16.4 Å². The predicted molar refractivity (Wildman–Crippen MR) is 94.1 cm³/mol. The van der Waals surface area contributed by atoms with Gasteiger partial charge >= 0.3 is 0 Å². The second kappa shape index (κ2) is 8.25. The molecule has 1 aromatic carbocycles. The first-order chi connectivity index (χ1) is 11.8. The molecular formula is C17H26FN3O3S. The Bertz CT molecular complexity index is 714. The van der Waals surface area contributed by atoms with E-state index in [9.17, 15) is 17.6 Å². The molecule has 1 aromatic rings. The standard InChI is InChI=1S/C17H26FN3O3S/c1-12-9-14(18)10-13(2)17(12)25(23,24)21-8-4-3-5-15(21)11-20-16(22)6-7-19/h9-10,15H,3-8,11,19H2,1-2H3,(H,20,22). The second-order valence-corrected chi connectivity index (χ2v) is 8.30. The van der Waals surface area contributed by atoms with Gasteiger partial charge in [-0.15, -0.1) is 0 Å². The monoisotopic (exact) mass is 371 g/mol. The van der Waals surface area contributed by atoms with E-state index in [0.717, 1.165) is 12.8 Å². The quantitative estimate of drug-likeness (QED) is 0.792. The number of amides is 1. The van der Waals surface area contributed by atoms with Crippen LogP contribution in [0.4, 0.5) is 4.39 Å². The number of sulfonamides is 1. The highest BCUT2D eigenvalue weighted by molar-refractivity contribution is 7.89. The molecule has 0 aromatic heterocycles. The summed E-state index contributed by atoms with van der Waals surface area (Å²) in [5.41, 5.74) is 6.15. The van der Waals surface area contributed by atoms with E-state index < -0.39 is 15.8 Å². The van der Waals surface area contributed by atoms with Gasteiger partial charge in [-0.25, -0.2) is 12.8 Å². The third-order valence-electron chi connectivity index (χ3n) is 4.47. The minimum absolute atomic E-state index is 0.161. The van der Waals surface area contributed by atoms with Crippen molar-refractivity contribution in [3.8, 4) is 0 Å². The van der Waals surface area contributed by atoms with E-state index in [2.05, 4.69) is 5.32 Å². The van der Waals surface area contributed by atoms with Gasteiger partial charge in [0.15, 0.2) is 0 Å². The van der Waals surface area contributed by atoms with Crippen LogP contribution in [0.5, 0.6) is 0 Å². The summed E-state index contributed by atoms with van der Waals surface area (Å²) in [5.74, 6) is -0.627. The number of hydrogen-bond acceptors (Lipinski definition) is 4. The second-order valence-electron chi connectivity index (χ2n) is 6.48. The molecule has 1 aliphatic rings. The fourth-order valence-corrected chi connectivity index (χ4v) is 5.48. The molecule has 3 N–H and O–H groups in total. The number of aryl methyl sites for hydroxylation is 2. The van der Waals surface area contributed by atoms with Gasteiger partial charge in [0.05, 0.1) is 4.90 Å². The Morgan fingerprint density at radius 3 is 2.56 bits per heavy atom. The molecular weight excluding hydrogens is 345 g/mol. The maximum atomic E-state index is 13.5. The van der Waals surface area contributed by atoms with Gasteiger partial charge in [0.1, 0.15) is 5.82 Å². The number of carbonyl (C=O) groups excluding carboxylic acids is 1. The Balaban J connectivity index is 2.28. The summed E-state index contributed by atoms with van der Waals surface area (Å²) in [7, 11) is -3.76. The number of rotatable bonds is 6. The number of nitrogens with zero attached hydrogens (tertiary/aromatic N) is 1. The van der Waals surface area contributed by atoms with Crippen molar-refractivity contribution in [1.29, 1.82) is 0 Å². The van der Waals surface area contributed by atoms with E-state index in [0.29, 0.717) is 24.1 Å². The van der Waals surface area contributed by atoms with Gasteiger partial charge in [-0.05, 0) is 49.9 Å². The Morgan fingerprint density at radius 2 is 1.96 bits per heavy atom. The highest BCUT2D eigenvalue weighted by Gasteiger charge is 2.35. The summed E-state index contributed by atoms with van der Waals surface area (Å²) in [4.78, 5) is 11.8. The summed E-state index contributed by atoms with van der Waals surface area (Å²) >= 11 is 0. The van der Waals surface area contributed by atoms with Crippen LogP contribution in [0.15, 0.2) is 17.0 Å². The van der Waals surface area contributed by atoms with Gasteiger partial charge in [-0.2, -0.15) is 4.31 Å². The highest BCUT2D eigenvalue weighted by Crippen LogP contribution is 2.29.